The number of nitrogens with zero attached hydrogens (tertiary/aromatic N) is 1. The number of carbonyl (C=O) groups is 2. The summed E-state index contributed by atoms with van der Waals surface area (Å²) in [5.74, 6) is -2.72. The molecule has 1 heterocycles. The molecule has 1 aliphatic heterocycles. The van der Waals surface area contributed by atoms with Gasteiger partial charge in [-0.3, -0.25) is 9.36 Å². The third-order valence-electron chi connectivity index (χ3n) is 3.19. The third-order valence-corrected chi connectivity index (χ3v) is 5.21. The molecule has 0 bridgehead atoms. The summed E-state index contributed by atoms with van der Waals surface area (Å²) in [7, 11) is -7.13. The predicted octanol–water partition coefficient (Wildman–Crippen LogP) is -1.13. The van der Waals surface area contributed by atoms with E-state index in [0.717, 1.165) is 11.6 Å². The van der Waals surface area contributed by atoms with E-state index in [1.807, 2.05) is 0 Å². The van der Waals surface area contributed by atoms with Crippen molar-refractivity contribution in [3.63, 3.8) is 0 Å². The molecule has 0 aromatic rings. The molecule has 9 nitrogen and oxygen atoms in total. The standard InChI is InChI=1S/C10H19N2O7PS/c1-20(16,17)3-2-8(10(14)15)12-5-7(4-9(12)13)6-21(11,18)19/h7-8H,2-6H2,1H3,(H,14,15)(H,16,17)(H2,11,18,19). The molecular weight excluding hydrogens is 323 g/mol. The minimum atomic E-state index is -3.75. The second-order valence-corrected chi connectivity index (χ2v) is 9.57. The van der Waals surface area contributed by atoms with Gasteiger partial charge in [-0.2, -0.15) is 0 Å². The van der Waals surface area contributed by atoms with E-state index in [2.05, 4.69) is 0 Å². The maximum absolute atomic E-state index is 11.8. The largest absolute Gasteiger partial charge is 0.480 e. The Kier molecular flexibility index (Phi) is 5.54. The third kappa shape index (κ3) is 6.13. The molecule has 4 N–H and O–H groups in total. The zero-order valence-corrected chi connectivity index (χ0v) is 13.2. The van der Waals surface area contributed by atoms with Crippen molar-refractivity contribution in [1.82, 2.24) is 4.90 Å². The zero-order chi connectivity index (χ0) is 16.4. The van der Waals surface area contributed by atoms with E-state index >= 15 is 0 Å². The number of hydrogen-bond acceptors (Lipinski definition) is 5. The van der Waals surface area contributed by atoms with Crippen LogP contribution in [-0.4, -0.2) is 66.4 Å². The summed E-state index contributed by atoms with van der Waals surface area (Å²) >= 11 is 0. The summed E-state index contributed by atoms with van der Waals surface area (Å²) in [6.45, 7) is 1.08. The fourth-order valence-corrected chi connectivity index (χ4v) is 3.93. The Morgan fingerprint density at radius 2 is 2.14 bits per heavy atom. The summed E-state index contributed by atoms with van der Waals surface area (Å²) in [6, 6.07) is -1.23. The van der Waals surface area contributed by atoms with E-state index in [0.29, 0.717) is 0 Å². The van der Waals surface area contributed by atoms with Gasteiger partial charge in [0.15, 0.2) is 7.37 Å². The van der Waals surface area contributed by atoms with Gasteiger partial charge in [0.1, 0.15) is 6.04 Å². The first-order valence-electron chi connectivity index (χ1n) is 6.21. The Labute approximate surface area is 122 Å². The van der Waals surface area contributed by atoms with E-state index in [-0.39, 0.29) is 25.5 Å². The number of sulfonamides is 1. The number of primary sulfonamides is 1. The predicted molar refractivity (Wildman–Crippen MR) is 74.5 cm³/mol. The van der Waals surface area contributed by atoms with Crippen LogP contribution in [0, 0.1) is 5.92 Å². The van der Waals surface area contributed by atoms with Crippen molar-refractivity contribution in [2.45, 2.75) is 18.9 Å². The van der Waals surface area contributed by atoms with Gasteiger partial charge in [-0.25, -0.2) is 18.4 Å². The molecule has 3 unspecified atom stereocenters. The van der Waals surface area contributed by atoms with Crippen LogP contribution >= 0.6 is 7.37 Å². The van der Waals surface area contributed by atoms with Gasteiger partial charge in [-0.15, -0.1) is 0 Å². The van der Waals surface area contributed by atoms with E-state index in [9.17, 15) is 27.5 Å². The Morgan fingerprint density at radius 1 is 1.57 bits per heavy atom. The lowest BCUT2D eigenvalue weighted by atomic mass is 10.1. The van der Waals surface area contributed by atoms with Gasteiger partial charge < -0.3 is 14.9 Å². The number of carboxylic acids is 1. The first-order valence-corrected chi connectivity index (χ1v) is 10.2. The highest BCUT2D eigenvalue weighted by molar-refractivity contribution is 7.89. The molecule has 1 fully saturated rings. The number of amides is 1. The second-order valence-electron chi connectivity index (χ2n) is 5.36. The van der Waals surface area contributed by atoms with Crippen molar-refractivity contribution >= 4 is 29.3 Å². The van der Waals surface area contributed by atoms with E-state index in [4.69, 9.17) is 10.2 Å². The summed E-state index contributed by atoms with van der Waals surface area (Å²) in [5.41, 5.74) is 0. The van der Waals surface area contributed by atoms with Gasteiger partial charge >= 0.3 is 5.97 Å². The van der Waals surface area contributed by atoms with Crippen LogP contribution in [0.25, 0.3) is 0 Å². The van der Waals surface area contributed by atoms with Crippen molar-refractivity contribution < 1.29 is 32.6 Å². The molecule has 122 valence electrons. The van der Waals surface area contributed by atoms with Crippen molar-refractivity contribution in [3.05, 3.63) is 0 Å². The van der Waals surface area contributed by atoms with Gasteiger partial charge in [0.05, 0.1) is 5.75 Å². The molecule has 1 amide bonds. The molecule has 0 spiro atoms. The van der Waals surface area contributed by atoms with Crippen LogP contribution in [0.1, 0.15) is 12.8 Å². The van der Waals surface area contributed by atoms with Gasteiger partial charge in [-0.1, -0.05) is 0 Å². The van der Waals surface area contributed by atoms with Crippen LogP contribution in [0.3, 0.4) is 0 Å². The highest BCUT2D eigenvalue weighted by atomic mass is 32.2. The number of aliphatic carboxylic acids is 1. The molecule has 0 aliphatic carbocycles. The number of nitrogens with two attached hydrogens (primary N) is 1. The smallest absolute Gasteiger partial charge is 0.326 e. The van der Waals surface area contributed by atoms with Crippen molar-refractivity contribution in [2.75, 3.05) is 25.1 Å². The van der Waals surface area contributed by atoms with Gasteiger partial charge in [0.25, 0.3) is 0 Å². The lowest BCUT2D eigenvalue weighted by Gasteiger charge is -2.25. The zero-order valence-electron chi connectivity index (χ0n) is 11.5. The fraction of sp³-hybridized carbons (Fsp3) is 0.800. The molecular formula is C10H19N2O7PS. The van der Waals surface area contributed by atoms with Crippen LogP contribution in [0.4, 0.5) is 0 Å². The van der Waals surface area contributed by atoms with Crippen LogP contribution in [0.5, 0.6) is 0 Å². The van der Waals surface area contributed by atoms with Crippen molar-refractivity contribution in [2.24, 2.45) is 11.1 Å². The van der Waals surface area contributed by atoms with Crippen LogP contribution in [0.15, 0.2) is 0 Å². The lowest BCUT2D eigenvalue weighted by molar-refractivity contribution is -0.148. The summed E-state index contributed by atoms with van der Waals surface area (Å²) in [6.07, 6.45) is -0.482. The molecule has 0 aromatic carbocycles. The molecule has 0 radical (unpaired) electrons. The first kappa shape index (κ1) is 18.1. The molecule has 0 saturated carbocycles. The minimum Gasteiger partial charge on any atom is -0.480 e. The topological polar surface area (TPSA) is 155 Å². The van der Waals surface area contributed by atoms with E-state index in [1.165, 1.54) is 0 Å². The van der Waals surface area contributed by atoms with E-state index in [1.54, 1.807) is 0 Å². The monoisotopic (exact) mass is 342 g/mol. The van der Waals surface area contributed by atoms with Crippen molar-refractivity contribution in [1.29, 1.82) is 0 Å². The van der Waals surface area contributed by atoms with Crippen LogP contribution in [-0.2, 0) is 24.2 Å². The highest BCUT2D eigenvalue weighted by Crippen LogP contribution is 2.37. The Hall–Kier alpha value is -0.960. The molecule has 11 heteroatoms. The average molecular weight is 342 g/mol. The maximum Gasteiger partial charge on any atom is 0.326 e. The van der Waals surface area contributed by atoms with Gasteiger partial charge in [-0.05, 0) is 6.42 Å². The van der Waals surface area contributed by atoms with E-state index < -0.39 is 47.0 Å². The number of likely N-dealkylation sites (tertiary alicyclic amines) is 1. The number of hydrogen-bond donors (Lipinski definition) is 3. The first-order chi connectivity index (χ1) is 9.39. The van der Waals surface area contributed by atoms with Crippen LogP contribution < -0.4 is 5.14 Å². The molecule has 1 rings (SSSR count). The SMILES string of the molecule is CP(=O)(O)CCC(C(=O)O)N1CC(CS(N)(=O)=O)CC1=O. The quantitative estimate of drug-likeness (QED) is 0.494. The number of carbonyl (C=O) groups excluding carboxylic acids is 1. The minimum absolute atomic E-state index is 0.0360. The lowest BCUT2D eigenvalue weighted by Crippen LogP contribution is -2.43. The molecule has 21 heavy (non-hydrogen) atoms. The normalized spacial score (nSPS) is 23.9. The molecule has 1 aliphatic rings. The van der Waals surface area contributed by atoms with Gasteiger partial charge in [0.2, 0.25) is 15.9 Å². The Balaban J connectivity index is 2.78. The van der Waals surface area contributed by atoms with Crippen LogP contribution in [0.2, 0.25) is 0 Å². The summed E-state index contributed by atoms with van der Waals surface area (Å²) in [4.78, 5) is 33.3. The highest BCUT2D eigenvalue weighted by Gasteiger charge is 2.39. The van der Waals surface area contributed by atoms with Crippen molar-refractivity contribution in [3.8, 4) is 0 Å². The van der Waals surface area contributed by atoms with Gasteiger partial charge in [0, 0.05) is 31.7 Å². The number of carboxylic acid groups (broad SMARTS) is 1. The molecule has 3 atom stereocenters. The fourth-order valence-electron chi connectivity index (χ4n) is 2.32. The Morgan fingerprint density at radius 3 is 2.57 bits per heavy atom. The Bertz CT molecular complexity index is 570. The molecule has 1 saturated heterocycles. The number of rotatable bonds is 7. The summed E-state index contributed by atoms with van der Waals surface area (Å²) in [5, 5.41) is 14.1. The average Bonchev–Trinajstić information content (AvgIpc) is 2.54. The molecule has 0 aromatic heterocycles. The summed E-state index contributed by atoms with van der Waals surface area (Å²) < 4.78 is 33.3. The maximum atomic E-state index is 11.8. The second kappa shape index (κ2) is 6.43.